The summed E-state index contributed by atoms with van der Waals surface area (Å²) < 4.78 is 34.7. The summed E-state index contributed by atoms with van der Waals surface area (Å²) in [5, 5.41) is 7.24. The van der Waals surface area contributed by atoms with Gasteiger partial charge in [-0.3, -0.25) is 9.48 Å². The van der Waals surface area contributed by atoms with Crippen molar-refractivity contribution in [3.63, 3.8) is 0 Å². The Hall–Kier alpha value is -3.55. The molecule has 160 valence electrons. The fourth-order valence-corrected chi connectivity index (χ4v) is 3.89. The Labute approximate surface area is 177 Å². The Kier molecular flexibility index (Phi) is 5.79. The lowest BCUT2D eigenvalue weighted by Gasteiger charge is -2.24. The molecule has 1 aromatic heterocycles. The van der Waals surface area contributed by atoms with E-state index in [1.807, 2.05) is 35.0 Å². The number of hydrogen-bond donors (Lipinski definition) is 1. The van der Waals surface area contributed by atoms with Crippen LogP contribution >= 0.6 is 0 Å². The molecule has 31 heavy (non-hydrogen) atoms. The van der Waals surface area contributed by atoms with E-state index in [1.165, 1.54) is 0 Å². The Morgan fingerprint density at radius 1 is 1.23 bits per heavy atom. The second kappa shape index (κ2) is 8.67. The maximum Gasteiger partial charge on any atom is 0.337 e. The molecule has 1 aliphatic carbocycles. The number of nitrogens with one attached hydrogen (secondary N) is 1. The summed E-state index contributed by atoms with van der Waals surface area (Å²) in [4.78, 5) is 24.5. The average molecular weight is 425 g/mol. The summed E-state index contributed by atoms with van der Waals surface area (Å²) >= 11 is 0. The van der Waals surface area contributed by atoms with Gasteiger partial charge in [-0.1, -0.05) is 30.3 Å². The molecule has 1 N–H and O–H groups in total. The Morgan fingerprint density at radius 2 is 2.00 bits per heavy atom. The van der Waals surface area contributed by atoms with Crippen LogP contribution < -0.4 is 5.32 Å². The van der Waals surface area contributed by atoms with E-state index in [0.29, 0.717) is 19.0 Å². The number of carbonyl (C=O) groups is 2. The van der Waals surface area contributed by atoms with Gasteiger partial charge in [0.2, 0.25) is 0 Å². The highest BCUT2D eigenvalue weighted by molar-refractivity contribution is 5.98. The van der Waals surface area contributed by atoms with Gasteiger partial charge in [0, 0.05) is 11.3 Å². The first-order valence-corrected chi connectivity index (χ1v) is 9.94. The van der Waals surface area contributed by atoms with E-state index in [2.05, 4.69) is 15.2 Å². The third-order valence-electron chi connectivity index (χ3n) is 5.44. The number of halogens is 2. The van der Waals surface area contributed by atoms with Crippen LogP contribution in [-0.2, 0) is 17.7 Å². The van der Waals surface area contributed by atoms with E-state index < -0.39 is 29.1 Å². The minimum Gasteiger partial charge on any atom is -0.465 e. The zero-order valence-corrected chi connectivity index (χ0v) is 16.9. The van der Waals surface area contributed by atoms with Gasteiger partial charge in [-0.15, -0.1) is 0 Å². The first-order chi connectivity index (χ1) is 15.0. The van der Waals surface area contributed by atoms with Crippen molar-refractivity contribution in [2.45, 2.75) is 31.8 Å². The minimum atomic E-state index is -1.30. The molecule has 4 rings (SSSR count). The number of benzene rings is 2. The standard InChI is InChI=1S/C23H21F2N3O3/c1-31-23(30)15-10-16(21(25)18(24)11-15)22(29)27-19-8-5-9-20-17(19)12-26-28(20)13-14-6-3-2-4-7-14/h2-4,6-7,10-12,19H,5,8-9,13H2,1H3,(H,27,29). The third kappa shape index (κ3) is 4.19. The predicted octanol–water partition coefficient (Wildman–Crippen LogP) is 3.80. The van der Waals surface area contributed by atoms with Gasteiger partial charge in [0.1, 0.15) is 0 Å². The number of ether oxygens (including phenoxy) is 1. The molecule has 3 aromatic rings. The summed E-state index contributed by atoms with van der Waals surface area (Å²) in [6.45, 7) is 0.609. The maximum absolute atomic E-state index is 14.3. The number of fused-ring (bicyclic) bond motifs is 1. The average Bonchev–Trinajstić information content (AvgIpc) is 3.19. The van der Waals surface area contributed by atoms with Gasteiger partial charge < -0.3 is 10.1 Å². The molecule has 1 heterocycles. The van der Waals surface area contributed by atoms with E-state index in [4.69, 9.17) is 0 Å². The fraction of sp³-hybridized carbons (Fsp3) is 0.261. The van der Waals surface area contributed by atoms with Crippen molar-refractivity contribution in [1.29, 1.82) is 0 Å². The molecule has 0 spiro atoms. The van der Waals surface area contributed by atoms with Gasteiger partial charge in [0.25, 0.3) is 5.91 Å². The van der Waals surface area contributed by atoms with E-state index in [1.54, 1.807) is 6.20 Å². The molecule has 1 atom stereocenters. The highest BCUT2D eigenvalue weighted by Gasteiger charge is 2.28. The van der Waals surface area contributed by atoms with Crippen LogP contribution in [0.4, 0.5) is 8.78 Å². The van der Waals surface area contributed by atoms with Crippen molar-refractivity contribution in [2.75, 3.05) is 7.11 Å². The SMILES string of the molecule is COC(=O)c1cc(F)c(F)c(C(=O)NC2CCCc3c2cnn3Cc2ccccc2)c1. The van der Waals surface area contributed by atoms with Crippen molar-refractivity contribution in [1.82, 2.24) is 15.1 Å². The second-order valence-electron chi connectivity index (χ2n) is 7.42. The van der Waals surface area contributed by atoms with Crippen LogP contribution in [0.15, 0.2) is 48.7 Å². The van der Waals surface area contributed by atoms with Crippen LogP contribution in [0.25, 0.3) is 0 Å². The smallest absolute Gasteiger partial charge is 0.337 e. The number of amides is 1. The summed E-state index contributed by atoms with van der Waals surface area (Å²) in [5.74, 6) is -4.24. The van der Waals surface area contributed by atoms with Gasteiger partial charge in [0.15, 0.2) is 11.6 Å². The highest BCUT2D eigenvalue weighted by Crippen LogP contribution is 2.30. The first-order valence-electron chi connectivity index (χ1n) is 9.94. The summed E-state index contributed by atoms with van der Waals surface area (Å²) in [7, 11) is 1.12. The number of nitrogens with zero attached hydrogens (tertiary/aromatic N) is 2. The van der Waals surface area contributed by atoms with Gasteiger partial charge in [-0.05, 0) is 37.0 Å². The molecule has 0 saturated heterocycles. The van der Waals surface area contributed by atoms with Gasteiger partial charge in [-0.25, -0.2) is 13.6 Å². The second-order valence-corrected chi connectivity index (χ2v) is 7.42. The Bertz CT molecular complexity index is 1130. The molecule has 0 saturated carbocycles. The molecule has 1 aliphatic rings. The lowest BCUT2D eigenvalue weighted by atomic mass is 9.92. The number of esters is 1. The van der Waals surface area contributed by atoms with Crippen LogP contribution in [0.1, 0.15) is 56.4 Å². The quantitative estimate of drug-likeness (QED) is 0.631. The maximum atomic E-state index is 14.3. The summed E-state index contributed by atoms with van der Waals surface area (Å²) in [5.41, 5.74) is 2.21. The van der Waals surface area contributed by atoms with E-state index in [9.17, 15) is 18.4 Å². The highest BCUT2D eigenvalue weighted by atomic mass is 19.2. The number of rotatable bonds is 5. The van der Waals surface area contributed by atoms with Gasteiger partial charge >= 0.3 is 5.97 Å². The largest absolute Gasteiger partial charge is 0.465 e. The molecule has 2 aromatic carbocycles. The fourth-order valence-electron chi connectivity index (χ4n) is 3.89. The van der Waals surface area contributed by atoms with Crippen molar-refractivity contribution in [3.05, 3.63) is 88.2 Å². The molecule has 0 aliphatic heterocycles. The lowest BCUT2D eigenvalue weighted by Crippen LogP contribution is -2.32. The Balaban J connectivity index is 1.57. The number of aromatic nitrogens is 2. The zero-order valence-electron chi connectivity index (χ0n) is 16.9. The zero-order chi connectivity index (χ0) is 22.0. The van der Waals surface area contributed by atoms with Crippen LogP contribution in [0.2, 0.25) is 0 Å². The molecule has 6 nitrogen and oxygen atoms in total. The number of methoxy groups -OCH3 is 1. The molecular weight excluding hydrogens is 404 g/mol. The number of hydrogen-bond acceptors (Lipinski definition) is 4. The van der Waals surface area contributed by atoms with Gasteiger partial charge in [0.05, 0.1) is 37.0 Å². The van der Waals surface area contributed by atoms with E-state index >= 15 is 0 Å². The lowest BCUT2D eigenvalue weighted by molar-refractivity contribution is 0.0600. The monoisotopic (exact) mass is 425 g/mol. The Morgan fingerprint density at radius 3 is 2.74 bits per heavy atom. The minimum absolute atomic E-state index is 0.230. The molecule has 8 heteroatoms. The van der Waals surface area contributed by atoms with E-state index in [-0.39, 0.29) is 11.6 Å². The normalized spacial score (nSPS) is 15.3. The third-order valence-corrected chi connectivity index (χ3v) is 5.44. The van der Waals surface area contributed by atoms with Gasteiger partial charge in [-0.2, -0.15) is 5.10 Å². The van der Waals surface area contributed by atoms with Crippen LogP contribution in [0, 0.1) is 11.6 Å². The van der Waals surface area contributed by atoms with Crippen molar-refractivity contribution in [2.24, 2.45) is 0 Å². The molecular formula is C23H21F2N3O3. The number of carbonyl (C=O) groups excluding carboxylic acids is 2. The predicted molar refractivity (Wildman–Crippen MR) is 109 cm³/mol. The summed E-state index contributed by atoms with van der Waals surface area (Å²) in [6, 6.07) is 11.2. The van der Waals surface area contributed by atoms with Crippen LogP contribution in [-0.4, -0.2) is 28.8 Å². The first kappa shape index (κ1) is 20.7. The van der Waals surface area contributed by atoms with Crippen LogP contribution in [0.5, 0.6) is 0 Å². The molecule has 0 fully saturated rings. The molecule has 1 unspecified atom stereocenters. The molecule has 0 radical (unpaired) electrons. The van der Waals surface area contributed by atoms with Crippen molar-refractivity contribution in [3.8, 4) is 0 Å². The topological polar surface area (TPSA) is 73.2 Å². The van der Waals surface area contributed by atoms with E-state index in [0.717, 1.165) is 42.8 Å². The van der Waals surface area contributed by atoms with Crippen molar-refractivity contribution < 1.29 is 23.1 Å². The summed E-state index contributed by atoms with van der Waals surface area (Å²) in [6.07, 6.45) is 3.99. The van der Waals surface area contributed by atoms with Crippen molar-refractivity contribution >= 4 is 11.9 Å². The molecule has 0 bridgehead atoms. The molecule has 1 amide bonds. The van der Waals surface area contributed by atoms with Crippen LogP contribution in [0.3, 0.4) is 0 Å².